The lowest BCUT2D eigenvalue weighted by Crippen LogP contribution is -2.24. The molecule has 0 aliphatic rings. The van der Waals surface area contributed by atoms with Gasteiger partial charge in [-0.25, -0.2) is 0 Å². The highest BCUT2D eigenvalue weighted by molar-refractivity contribution is 9.10. The van der Waals surface area contributed by atoms with E-state index in [1.165, 1.54) is 5.56 Å². The van der Waals surface area contributed by atoms with Gasteiger partial charge in [-0.1, -0.05) is 34.1 Å². The van der Waals surface area contributed by atoms with Crippen LogP contribution in [0.3, 0.4) is 0 Å². The van der Waals surface area contributed by atoms with Gasteiger partial charge in [-0.2, -0.15) is 0 Å². The maximum Gasteiger partial charge on any atom is 0.0594 e. The second-order valence-corrected chi connectivity index (χ2v) is 4.97. The van der Waals surface area contributed by atoms with Crippen LogP contribution in [0.2, 0.25) is 0 Å². The molecule has 0 fully saturated rings. The van der Waals surface area contributed by atoms with Gasteiger partial charge in [0.1, 0.15) is 0 Å². The summed E-state index contributed by atoms with van der Waals surface area (Å²) in [5.41, 5.74) is 1.28. The van der Waals surface area contributed by atoms with Crippen molar-refractivity contribution in [3.05, 3.63) is 34.3 Å². The van der Waals surface area contributed by atoms with Crippen molar-refractivity contribution >= 4 is 15.9 Å². The first-order valence-corrected chi connectivity index (χ1v) is 6.50. The molecule has 0 saturated heterocycles. The lowest BCUT2D eigenvalue weighted by Gasteiger charge is -2.16. The van der Waals surface area contributed by atoms with Gasteiger partial charge in [-0.3, -0.25) is 0 Å². The van der Waals surface area contributed by atoms with Crippen molar-refractivity contribution in [2.75, 3.05) is 13.2 Å². The normalized spacial score (nSPS) is 13.1. The van der Waals surface area contributed by atoms with Crippen LogP contribution in [0.4, 0.5) is 0 Å². The van der Waals surface area contributed by atoms with Gasteiger partial charge in [0.05, 0.1) is 12.7 Å². The topological polar surface area (TPSA) is 21.3 Å². The average Bonchev–Trinajstić information content (AvgIpc) is 2.24. The van der Waals surface area contributed by atoms with Gasteiger partial charge in [-0.05, 0) is 32.4 Å². The van der Waals surface area contributed by atoms with E-state index < -0.39 is 0 Å². The molecule has 1 rings (SSSR count). The van der Waals surface area contributed by atoms with E-state index in [1.807, 2.05) is 6.07 Å². The van der Waals surface area contributed by atoms with Gasteiger partial charge in [0.2, 0.25) is 0 Å². The van der Waals surface area contributed by atoms with E-state index in [-0.39, 0.29) is 0 Å². The summed E-state index contributed by atoms with van der Waals surface area (Å²) >= 11 is 3.56. The maximum atomic E-state index is 5.48. The number of nitrogens with one attached hydrogen (secondary N) is 1. The van der Waals surface area contributed by atoms with Crippen LogP contribution in [-0.4, -0.2) is 19.3 Å². The average molecular weight is 286 g/mol. The number of ether oxygens (including phenoxy) is 1. The molecule has 2 nitrogen and oxygen atoms in total. The van der Waals surface area contributed by atoms with Crippen LogP contribution in [0.25, 0.3) is 0 Å². The van der Waals surface area contributed by atoms with Gasteiger partial charge in [0, 0.05) is 17.1 Å². The Balaban J connectivity index is 2.35. The molecule has 90 valence electrons. The molecule has 1 aromatic carbocycles. The van der Waals surface area contributed by atoms with Crippen LogP contribution in [0, 0.1) is 0 Å². The molecule has 0 saturated carbocycles. The van der Waals surface area contributed by atoms with Crippen LogP contribution in [0.5, 0.6) is 0 Å². The molecule has 0 unspecified atom stereocenters. The predicted molar refractivity (Wildman–Crippen MR) is 71.6 cm³/mol. The molecule has 1 atom stereocenters. The summed E-state index contributed by atoms with van der Waals surface area (Å²) in [6, 6.07) is 8.63. The second-order valence-electron chi connectivity index (χ2n) is 4.12. The largest absolute Gasteiger partial charge is 0.377 e. The van der Waals surface area contributed by atoms with E-state index in [0.29, 0.717) is 12.1 Å². The van der Waals surface area contributed by atoms with E-state index in [1.54, 1.807) is 0 Å². The predicted octanol–water partition coefficient (Wildman–Crippen LogP) is 3.52. The van der Waals surface area contributed by atoms with Gasteiger partial charge >= 0.3 is 0 Å². The summed E-state index contributed by atoms with van der Waals surface area (Å²) in [7, 11) is 0. The Bertz CT molecular complexity index is 315. The van der Waals surface area contributed by atoms with Gasteiger partial charge in [0.25, 0.3) is 0 Å². The van der Waals surface area contributed by atoms with Crippen LogP contribution in [0.1, 0.15) is 32.4 Å². The fraction of sp³-hybridized carbons (Fsp3) is 0.538. The maximum absolute atomic E-state index is 5.48. The van der Waals surface area contributed by atoms with Crippen molar-refractivity contribution in [1.82, 2.24) is 5.32 Å². The molecule has 0 bridgehead atoms. The third kappa shape index (κ3) is 4.64. The number of halogens is 1. The number of hydrogen-bond acceptors (Lipinski definition) is 2. The SMILES string of the molecule is CC(C)OCCN[C@@H](C)c1ccccc1Br. The molecule has 0 amide bonds. The second kappa shape index (κ2) is 7.05. The van der Waals surface area contributed by atoms with Crippen molar-refractivity contribution in [3.63, 3.8) is 0 Å². The summed E-state index contributed by atoms with van der Waals surface area (Å²) < 4.78 is 6.64. The Morgan fingerprint density at radius 3 is 2.56 bits per heavy atom. The Hall–Kier alpha value is -0.380. The standard InChI is InChI=1S/C13H20BrNO/c1-10(2)16-9-8-15-11(3)12-6-4-5-7-13(12)14/h4-7,10-11,15H,8-9H2,1-3H3/t11-/m0/s1. The zero-order valence-corrected chi connectivity index (χ0v) is 11.8. The van der Waals surface area contributed by atoms with Crippen molar-refractivity contribution in [2.45, 2.75) is 32.9 Å². The van der Waals surface area contributed by atoms with Crippen LogP contribution in [-0.2, 0) is 4.74 Å². The zero-order valence-electron chi connectivity index (χ0n) is 10.2. The summed E-state index contributed by atoms with van der Waals surface area (Å²) in [5.74, 6) is 0. The molecule has 0 heterocycles. The van der Waals surface area contributed by atoms with Crippen molar-refractivity contribution in [1.29, 1.82) is 0 Å². The van der Waals surface area contributed by atoms with Crippen molar-refractivity contribution in [2.24, 2.45) is 0 Å². The minimum absolute atomic E-state index is 0.306. The summed E-state index contributed by atoms with van der Waals surface area (Å²) in [5, 5.41) is 3.44. The molecule has 16 heavy (non-hydrogen) atoms. The molecule has 0 radical (unpaired) electrons. The molecule has 3 heteroatoms. The quantitative estimate of drug-likeness (QED) is 0.808. The van der Waals surface area contributed by atoms with Crippen LogP contribution >= 0.6 is 15.9 Å². The van der Waals surface area contributed by atoms with Gasteiger partial charge in [-0.15, -0.1) is 0 Å². The highest BCUT2D eigenvalue weighted by Crippen LogP contribution is 2.22. The first-order chi connectivity index (χ1) is 7.61. The smallest absolute Gasteiger partial charge is 0.0594 e. The third-order valence-corrected chi connectivity index (χ3v) is 3.10. The molecule has 1 N–H and O–H groups in total. The molecule has 0 aliphatic heterocycles. The number of rotatable bonds is 6. The highest BCUT2D eigenvalue weighted by atomic mass is 79.9. The van der Waals surface area contributed by atoms with Crippen LogP contribution in [0.15, 0.2) is 28.7 Å². The minimum Gasteiger partial charge on any atom is -0.377 e. The third-order valence-electron chi connectivity index (χ3n) is 2.38. The van der Waals surface area contributed by atoms with Crippen LogP contribution < -0.4 is 5.32 Å². The van der Waals surface area contributed by atoms with E-state index in [2.05, 4.69) is 60.2 Å². The van der Waals surface area contributed by atoms with Gasteiger partial charge in [0.15, 0.2) is 0 Å². The van der Waals surface area contributed by atoms with Gasteiger partial charge < -0.3 is 10.1 Å². The van der Waals surface area contributed by atoms with E-state index in [4.69, 9.17) is 4.74 Å². The molecular formula is C13H20BrNO. The molecule has 0 aliphatic carbocycles. The highest BCUT2D eigenvalue weighted by Gasteiger charge is 2.07. The Labute approximate surface area is 107 Å². The summed E-state index contributed by atoms with van der Waals surface area (Å²) in [4.78, 5) is 0. The minimum atomic E-state index is 0.306. The summed E-state index contributed by atoms with van der Waals surface area (Å²) in [6.45, 7) is 7.90. The van der Waals surface area contributed by atoms with E-state index >= 15 is 0 Å². The Morgan fingerprint density at radius 2 is 1.94 bits per heavy atom. The Morgan fingerprint density at radius 1 is 1.25 bits per heavy atom. The lowest BCUT2D eigenvalue weighted by molar-refractivity contribution is 0.0796. The first-order valence-electron chi connectivity index (χ1n) is 5.70. The molecule has 0 spiro atoms. The van der Waals surface area contributed by atoms with E-state index in [9.17, 15) is 0 Å². The fourth-order valence-corrected chi connectivity index (χ4v) is 2.13. The summed E-state index contributed by atoms with van der Waals surface area (Å²) in [6.07, 6.45) is 0.306. The zero-order chi connectivity index (χ0) is 12.0. The first kappa shape index (κ1) is 13.7. The number of hydrogen-bond donors (Lipinski definition) is 1. The van der Waals surface area contributed by atoms with Crippen molar-refractivity contribution < 1.29 is 4.74 Å². The Kier molecular flexibility index (Phi) is 6.03. The van der Waals surface area contributed by atoms with E-state index in [0.717, 1.165) is 17.6 Å². The molecular weight excluding hydrogens is 266 g/mol. The monoisotopic (exact) mass is 285 g/mol. The lowest BCUT2D eigenvalue weighted by atomic mass is 10.1. The fourth-order valence-electron chi connectivity index (χ4n) is 1.51. The molecule has 1 aromatic rings. The van der Waals surface area contributed by atoms with Crippen molar-refractivity contribution in [3.8, 4) is 0 Å². The number of benzene rings is 1. The molecule has 0 aromatic heterocycles.